The summed E-state index contributed by atoms with van der Waals surface area (Å²) in [7, 11) is 1.84. The fourth-order valence-corrected chi connectivity index (χ4v) is 3.52. The molecule has 3 rings (SSSR count). The van der Waals surface area contributed by atoms with E-state index in [-0.39, 0.29) is 31.2 Å². The molecule has 0 aromatic heterocycles. The molecule has 154 valence electrons. The van der Waals surface area contributed by atoms with Crippen LogP contribution in [0.25, 0.3) is 0 Å². The fraction of sp³-hybridized carbons (Fsp3) is 0.333. The number of carbonyl (C=O) groups excluding carboxylic acids is 2. The van der Waals surface area contributed by atoms with Crippen LogP contribution in [-0.2, 0) is 16.1 Å². The molecule has 2 amide bonds. The minimum Gasteiger partial charge on any atom is -0.454 e. The number of carbonyl (C=O) groups is 2. The predicted octanol–water partition coefficient (Wildman–Crippen LogP) is 1.30. The summed E-state index contributed by atoms with van der Waals surface area (Å²) in [5, 5.41) is 5.85. The number of hydrogen-bond donors (Lipinski definition) is 3. The molecule has 0 saturated heterocycles. The summed E-state index contributed by atoms with van der Waals surface area (Å²) < 4.78 is 10.6. The largest absolute Gasteiger partial charge is 0.454 e. The average molecular weight is 417 g/mol. The number of para-hydroxylation sites is 1. The summed E-state index contributed by atoms with van der Waals surface area (Å²) >= 11 is 1.58. The zero-order valence-electron chi connectivity index (χ0n) is 16.8. The highest BCUT2D eigenvalue weighted by atomic mass is 32.2. The first-order valence-electron chi connectivity index (χ1n) is 9.39. The van der Waals surface area contributed by atoms with Crippen molar-refractivity contribution in [2.75, 3.05) is 32.0 Å². The van der Waals surface area contributed by atoms with Gasteiger partial charge >= 0.3 is 0 Å². The van der Waals surface area contributed by atoms with E-state index in [2.05, 4.69) is 10.6 Å². The number of quaternary nitrogens is 1. The highest BCUT2D eigenvalue weighted by Crippen LogP contribution is 2.32. The summed E-state index contributed by atoms with van der Waals surface area (Å²) in [6.07, 6.45) is 1.97. The van der Waals surface area contributed by atoms with Crippen LogP contribution in [0.1, 0.15) is 12.5 Å². The number of amides is 2. The zero-order chi connectivity index (χ0) is 20.8. The summed E-state index contributed by atoms with van der Waals surface area (Å²) in [5.41, 5.74) is 1.72. The Morgan fingerprint density at radius 1 is 1.17 bits per heavy atom. The molecule has 2 aromatic rings. The zero-order valence-corrected chi connectivity index (χ0v) is 17.6. The Labute approximate surface area is 174 Å². The van der Waals surface area contributed by atoms with E-state index in [9.17, 15) is 9.59 Å². The van der Waals surface area contributed by atoms with E-state index in [1.165, 1.54) is 0 Å². The maximum atomic E-state index is 12.5. The second-order valence-electron chi connectivity index (χ2n) is 6.90. The van der Waals surface area contributed by atoms with Crippen molar-refractivity contribution in [1.82, 2.24) is 5.32 Å². The van der Waals surface area contributed by atoms with Crippen LogP contribution in [-0.4, -0.2) is 44.5 Å². The topological polar surface area (TPSA) is 81.1 Å². The lowest BCUT2D eigenvalue weighted by Gasteiger charge is -2.21. The molecule has 0 bridgehead atoms. The molecular formula is C21H26N3O4S+. The van der Waals surface area contributed by atoms with Gasteiger partial charge in [0.05, 0.1) is 12.7 Å². The maximum absolute atomic E-state index is 12.5. The highest BCUT2D eigenvalue weighted by molar-refractivity contribution is 7.98. The Morgan fingerprint density at radius 2 is 1.93 bits per heavy atom. The second kappa shape index (κ2) is 9.67. The monoisotopic (exact) mass is 416 g/mol. The Hall–Kier alpha value is -2.71. The molecule has 1 heterocycles. The lowest BCUT2D eigenvalue weighted by molar-refractivity contribution is -0.885. The van der Waals surface area contributed by atoms with Gasteiger partial charge in [0.15, 0.2) is 24.1 Å². The second-order valence-corrected chi connectivity index (χ2v) is 7.75. The number of benzene rings is 2. The number of rotatable bonds is 8. The molecule has 1 aliphatic heterocycles. The first kappa shape index (κ1) is 21.0. The van der Waals surface area contributed by atoms with Crippen molar-refractivity contribution < 1.29 is 24.0 Å². The molecule has 3 N–H and O–H groups in total. The number of anilines is 1. The molecule has 0 aliphatic carbocycles. The van der Waals surface area contributed by atoms with E-state index >= 15 is 0 Å². The smallest absolute Gasteiger partial charge is 0.279 e. The maximum Gasteiger partial charge on any atom is 0.279 e. The molecule has 2 aromatic carbocycles. The molecule has 8 heteroatoms. The van der Waals surface area contributed by atoms with Crippen LogP contribution in [0, 0.1) is 0 Å². The summed E-state index contributed by atoms with van der Waals surface area (Å²) in [4.78, 5) is 26.7. The quantitative estimate of drug-likeness (QED) is 0.565. The third-order valence-corrected chi connectivity index (χ3v) is 5.65. The standard InChI is InChI=1S/C21H25N3O4S/c1-14(21(26)22-11-15-8-9-17-18(10-15)28-13-27-17)24(2)12-20(25)23-16-6-4-5-7-19(16)29-3/h4-10,14H,11-13H2,1-3H3,(H,22,26)(H,23,25)/p+1/t14-/m0/s1. The number of thioether (sulfide) groups is 1. The molecule has 0 spiro atoms. The first-order valence-corrected chi connectivity index (χ1v) is 10.6. The lowest BCUT2D eigenvalue weighted by atomic mass is 10.2. The summed E-state index contributed by atoms with van der Waals surface area (Å²) in [5.74, 6) is 1.17. The van der Waals surface area contributed by atoms with Gasteiger partial charge in [-0.2, -0.15) is 0 Å². The number of ether oxygens (including phenoxy) is 2. The van der Waals surface area contributed by atoms with Gasteiger partial charge in [0.1, 0.15) is 0 Å². The molecule has 0 radical (unpaired) electrons. The summed E-state index contributed by atoms with van der Waals surface area (Å²) in [6, 6.07) is 12.9. The minimum atomic E-state index is -0.370. The molecular weight excluding hydrogens is 390 g/mol. The Balaban J connectivity index is 1.49. The van der Waals surface area contributed by atoms with Gasteiger partial charge < -0.3 is 25.0 Å². The molecule has 0 saturated carbocycles. The van der Waals surface area contributed by atoms with E-state index in [1.807, 2.05) is 62.7 Å². The third kappa shape index (κ3) is 5.42. The summed E-state index contributed by atoms with van der Waals surface area (Å²) in [6.45, 7) is 2.62. The van der Waals surface area contributed by atoms with Gasteiger partial charge in [-0.05, 0) is 43.0 Å². The van der Waals surface area contributed by atoms with Gasteiger partial charge in [0.25, 0.3) is 11.8 Å². The van der Waals surface area contributed by atoms with Crippen molar-refractivity contribution >= 4 is 29.3 Å². The van der Waals surface area contributed by atoms with Gasteiger partial charge in [0.2, 0.25) is 6.79 Å². The SMILES string of the molecule is CSc1ccccc1NC(=O)C[NH+](C)[C@@H](C)C(=O)NCc1ccc2c(c1)OCO2. The number of fused-ring (bicyclic) bond motifs is 1. The molecule has 1 aliphatic rings. The van der Waals surface area contributed by atoms with Gasteiger partial charge in [-0.15, -0.1) is 11.8 Å². The van der Waals surface area contributed by atoms with Gasteiger partial charge in [-0.25, -0.2) is 0 Å². The molecule has 0 fully saturated rings. The van der Waals surface area contributed by atoms with E-state index in [0.29, 0.717) is 18.0 Å². The molecule has 29 heavy (non-hydrogen) atoms. The fourth-order valence-electron chi connectivity index (χ4n) is 2.97. The van der Waals surface area contributed by atoms with E-state index in [1.54, 1.807) is 11.8 Å². The van der Waals surface area contributed by atoms with Crippen molar-refractivity contribution in [3.8, 4) is 11.5 Å². The Kier molecular flexibility index (Phi) is 7.00. The van der Waals surface area contributed by atoms with Crippen LogP contribution >= 0.6 is 11.8 Å². The Bertz CT molecular complexity index is 890. The van der Waals surface area contributed by atoms with Gasteiger partial charge in [-0.3, -0.25) is 9.59 Å². The molecule has 2 atom stereocenters. The molecule has 7 nitrogen and oxygen atoms in total. The van der Waals surface area contributed by atoms with Gasteiger partial charge in [-0.1, -0.05) is 18.2 Å². The number of nitrogens with one attached hydrogen (secondary N) is 3. The Morgan fingerprint density at radius 3 is 2.72 bits per heavy atom. The highest BCUT2D eigenvalue weighted by Gasteiger charge is 2.24. The number of hydrogen-bond acceptors (Lipinski definition) is 5. The van der Waals surface area contributed by atoms with Crippen LogP contribution in [0.15, 0.2) is 47.4 Å². The van der Waals surface area contributed by atoms with Crippen molar-refractivity contribution in [2.24, 2.45) is 0 Å². The average Bonchev–Trinajstić information content (AvgIpc) is 3.19. The van der Waals surface area contributed by atoms with Crippen LogP contribution in [0.5, 0.6) is 11.5 Å². The van der Waals surface area contributed by atoms with Crippen molar-refractivity contribution in [2.45, 2.75) is 24.4 Å². The van der Waals surface area contributed by atoms with Crippen LogP contribution in [0.3, 0.4) is 0 Å². The van der Waals surface area contributed by atoms with E-state index in [0.717, 1.165) is 21.0 Å². The first-order chi connectivity index (χ1) is 14.0. The van der Waals surface area contributed by atoms with Crippen LogP contribution in [0.4, 0.5) is 5.69 Å². The van der Waals surface area contributed by atoms with Crippen molar-refractivity contribution in [3.05, 3.63) is 48.0 Å². The number of likely N-dealkylation sites (N-methyl/N-ethyl adjacent to an activating group) is 1. The minimum absolute atomic E-state index is 0.113. The lowest BCUT2D eigenvalue weighted by Crippen LogP contribution is -3.15. The van der Waals surface area contributed by atoms with E-state index < -0.39 is 0 Å². The third-order valence-electron chi connectivity index (χ3n) is 4.86. The molecule has 1 unspecified atom stereocenters. The van der Waals surface area contributed by atoms with E-state index in [4.69, 9.17) is 9.47 Å². The van der Waals surface area contributed by atoms with Crippen LogP contribution < -0.4 is 25.0 Å². The normalized spacial score (nSPS) is 14.2. The van der Waals surface area contributed by atoms with Crippen molar-refractivity contribution in [1.29, 1.82) is 0 Å². The predicted molar refractivity (Wildman–Crippen MR) is 112 cm³/mol. The van der Waals surface area contributed by atoms with Crippen LogP contribution in [0.2, 0.25) is 0 Å². The van der Waals surface area contributed by atoms with Crippen molar-refractivity contribution in [3.63, 3.8) is 0 Å². The van der Waals surface area contributed by atoms with Gasteiger partial charge in [0, 0.05) is 11.4 Å².